The number of halogens is 3. The highest BCUT2D eigenvalue weighted by atomic mass is 19.4. The summed E-state index contributed by atoms with van der Waals surface area (Å²) in [4.78, 5) is 19.3. The first-order chi connectivity index (χ1) is 10.9. The molecule has 1 amide bonds. The number of rotatable bonds is 5. The third kappa shape index (κ3) is 5.57. The second-order valence-electron chi connectivity index (χ2n) is 5.32. The number of carbonyl (C=O) groups excluding carboxylic acids is 1. The lowest BCUT2D eigenvalue weighted by Gasteiger charge is -2.29. The Kier molecular flexibility index (Phi) is 5.62. The number of ether oxygens (including phenoxy) is 2. The van der Waals surface area contributed by atoms with Crippen LogP contribution in [0, 0.1) is 0 Å². The number of alkyl halides is 3. The van der Waals surface area contributed by atoms with Crippen LogP contribution < -0.4 is 14.8 Å². The van der Waals surface area contributed by atoms with Crippen LogP contribution in [0.4, 0.5) is 13.2 Å². The molecular formula is C14H18F3N3O3. The van der Waals surface area contributed by atoms with Crippen molar-refractivity contribution in [3.05, 3.63) is 12.4 Å². The van der Waals surface area contributed by atoms with E-state index in [1.54, 1.807) is 0 Å². The maximum absolute atomic E-state index is 12.1. The van der Waals surface area contributed by atoms with E-state index in [0.29, 0.717) is 31.6 Å². The molecule has 0 unspecified atom stereocenters. The van der Waals surface area contributed by atoms with E-state index in [1.165, 1.54) is 19.5 Å². The predicted octanol–water partition coefficient (Wildman–Crippen LogP) is 2.24. The standard InChI is InChI=1S/C14H18F3N3O3/c1-22-12-13(19-7-6-18-12)23-10-4-2-9(3-5-10)20-11(21)8-14(15,16)17/h6-7,9-10H,2-5,8H2,1H3,(H,20,21). The molecule has 128 valence electrons. The zero-order valence-electron chi connectivity index (χ0n) is 12.6. The fraction of sp³-hybridized carbons (Fsp3) is 0.643. The minimum absolute atomic E-state index is 0.128. The summed E-state index contributed by atoms with van der Waals surface area (Å²) in [5, 5.41) is 2.42. The van der Waals surface area contributed by atoms with Gasteiger partial charge in [-0.2, -0.15) is 13.2 Å². The molecule has 1 aromatic rings. The smallest absolute Gasteiger partial charge is 0.397 e. The summed E-state index contributed by atoms with van der Waals surface area (Å²) < 4.78 is 47.2. The summed E-state index contributed by atoms with van der Waals surface area (Å²) >= 11 is 0. The van der Waals surface area contributed by atoms with Crippen molar-refractivity contribution in [3.63, 3.8) is 0 Å². The molecule has 23 heavy (non-hydrogen) atoms. The molecule has 1 saturated carbocycles. The Hall–Kier alpha value is -2.06. The lowest BCUT2D eigenvalue weighted by atomic mass is 9.93. The quantitative estimate of drug-likeness (QED) is 0.895. The van der Waals surface area contributed by atoms with Gasteiger partial charge in [-0.05, 0) is 25.7 Å². The lowest BCUT2D eigenvalue weighted by molar-refractivity contribution is -0.154. The van der Waals surface area contributed by atoms with Crippen LogP contribution in [0.1, 0.15) is 32.1 Å². The van der Waals surface area contributed by atoms with Crippen molar-refractivity contribution >= 4 is 5.91 Å². The van der Waals surface area contributed by atoms with E-state index < -0.39 is 18.5 Å². The number of nitrogens with one attached hydrogen (secondary N) is 1. The average Bonchev–Trinajstić information content (AvgIpc) is 2.48. The van der Waals surface area contributed by atoms with Crippen LogP contribution in [0.2, 0.25) is 0 Å². The third-order valence-corrected chi connectivity index (χ3v) is 3.51. The number of carbonyl (C=O) groups is 1. The molecule has 0 radical (unpaired) electrons. The summed E-state index contributed by atoms with van der Waals surface area (Å²) in [5.41, 5.74) is 0. The van der Waals surface area contributed by atoms with Crippen LogP contribution in [-0.4, -0.2) is 41.3 Å². The van der Waals surface area contributed by atoms with Crippen molar-refractivity contribution in [3.8, 4) is 11.8 Å². The molecule has 2 rings (SSSR count). The van der Waals surface area contributed by atoms with Crippen LogP contribution in [0.15, 0.2) is 12.4 Å². The second-order valence-corrected chi connectivity index (χ2v) is 5.32. The highest BCUT2D eigenvalue weighted by Gasteiger charge is 2.33. The fourth-order valence-corrected chi connectivity index (χ4v) is 2.48. The summed E-state index contributed by atoms with van der Waals surface area (Å²) in [7, 11) is 1.46. The highest BCUT2D eigenvalue weighted by molar-refractivity contribution is 5.76. The molecule has 0 aliphatic heterocycles. The summed E-state index contributed by atoms with van der Waals surface area (Å²) in [6.45, 7) is 0. The normalized spacial score (nSPS) is 21.6. The largest absolute Gasteiger partial charge is 0.477 e. The number of aromatic nitrogens is 2. The Balaban J connectivity index is 1.79. The van der Waals surface area contributed by atoms with Gasteiger partial charge in [0.1, 0.15) is 12.5 Å². The Labute approximate surface area is 131 Å². The third-order valence-electron chi connectivity index (χ3n) is 3.51. The molecule has 0 atom stereocenters. The maximum atomic E-state index is 12.1. The van der Waals surface area contributed by atoms with E-state index in [9.17, 15) is 18.0 Å². The summed E-state index contributed by atoms with van der Waals surface area (Å²) in [5.74, 6) is -0.412. The molecule has 0 spiro atoms. The highest BCUT2D eigenvalue weighted by Crippen LogP contribution is 2.27. The summed E-state index contributed by atoms with van der Waals surface area (Å²) in [6.07, 6.45) is -0.759. The van der Waals surface area contributed by atoms with E-state index in [-0.39, 0.29) is 18.0 Å². The Bertz CT molecular complexity index is 531. The van der Waals surface area contributed by atoms with Gasteiger partial charge in [-0.3, -0.25) is 4.79 Å². The number of nitrogens with zero attached hydrogens (tertiary/aromatic N) is 2. The van der Waals surface area contributed by atoms with Gasteiger partial charge in [0.2, 0.25) is 5.91 Å². The summed E-state index contributed by atoms with van der Waals surface area (Å²) in [6, 6.07) is -0.256. The van der Waals surface area contributed by atoms with Crippen LogP contribution in [-0.2, 0) is 4.79 Å². The van der Waals surface area contributed by atoms with Crippen molar-refractivity contribution in [2.75, 3.05) is 7.11 Å². The van der Waals surface area contributed by atoms with Crippen molar-refractivity contribution < 1.29 is 27.4 Å². The lowest BCUT2D eigenvalue weighted by Crippen LogP contribution is -2.41. The molecule has 1 aromatic heterocycles. The van der Waals surface area contributed by atoms with Crippen molar-refractivity contribution in [1.29, 1.82) is 0 Å². The minimum Gasteiger partial charge on any atom is -0.477 e. The van der Waals surface area contributed by atoms with E-state index in [4.69, 9.17) is 9.47 Å². The van der Waals surface area contributed by atoms with Gasteiger partial charge < -0.3 is 14.8 Å². The maximum Gasteiger partial charge on any atom is 0.397 e. The molecule has 1 fully saturated rings. The van der Waals surface area contributed by atoms with E-state index in [1.807, 2.05) is 0 Å². The van der Waals surface area contributed by atoms with Gasteiger partial charge in [-0.25, -0.2) is 9.97 Å². The Morgan fingerprint density at radius 3 is 2.39 bits per heavy atom. The van der Waals surface area contributed by atoms with E-state index in [0.717, 1.165) is 0 Å². The van der Waals surface area contributed by atoms with Crippen molar-refractivity contribution in [2.24, 2.45) is 0 Å². The minimum atomic E-state index is -4.48. The molecule has 1 aliphatic rings. The number of hydrogen-bond acceptors (Lipinski definition) is 5. The van der Waals surface area contributed by atoms with Gasteiger partial charge >= 0.3 is 6.18 Å². The molecule has 9 heteroatoms. The van der Waals surface area contributed by atoms with Gasteiger partial charge in [-0.15, -0.1) is 0 Å². The van der Waals surface area contributed by atoms with Gasteiger partial charge in [0.05, 0.1) is 7.11 Å². The topological polar surface area (TPSA) is 73.3 Å². The molecule has 0 aromatic carbocycles. The first-order valence-electron chi connectivity index (χ1n) is 7.25. The molecule has 6 nitrogen and oxygen atoms in total. The first-order valence-corrected chi connectivity index (χ1v) is 7.25. The van der Waals surface area contributed by atoms with Gasteiger partial charge in [0.15, 0.2) is 0 Å². The number of hydrogen-bond donors (Lipinski definition) is 1. The fourth-order valence-electron chi connectivity index (χ4n) is 2.48. The van der Waals surface area contributed by atoms with Gasteiger partial charge in [0, 0.05) is 18.4 Å². The average molecular weight is 333 g/mol. The Morgan fingerprint density at radius 1 is 1.22 bits per heavy atom. The molecule has 0 saturated heterocycles. The van der Waals surface area contributed by atoms with Crippen LogP contribution >= 0.6 is 0 Å². The monoisotopic (exact) mass is 333 g/mol. The van der Waals surface area contributed by atoms with Crippen molar-refractivity contribution in [1.82, 2.24) is 15.3 Å². The molecular weight excluding hydrogens is 315 g/mol. The SMILES string of the molecule is COc1nccnc1OC1CCC(NC(=O)CC(F)(F)F)CC1. The molecule has 1 N–H and O–H groups in total. The zero-order chi connectivity index (χ0) is 16.9. The van der Waals surface area contributed by atoms with Crippen molar-refractivity contribution in [2.45, 2.75) is 50.4 Å². The van der Waals surface area contributed by atoms with Gasteiger partial charge in [0.25, 0.3) is 11.8 Å². The number of methoxy groups -OCH3 is 1. The number of amides is 1. The van der Waals surface area contributed by atoms with Crippen LogP contribution in [0.3, 0.4) is 0 Å². The zero-order valence-corrected chi connectivity index (χ0v) is 12.6. The van der Waals surface area contributed by atoms with E-state index >= 15 is 0 Å². The molecule has 1 heterocycles. The predicted molar refractivity (Wildman–Crippen MR) is 74.1 cm³/mol. The van der Waals surface area contributed by atoms with E-state index in [2.05, 4.69) is 15.3 Å². The molecule has 0 bridgehead atoms. The second kappa shape index (κ2) is 7.47. The van der Waals surface area contributed by atoms with Crippen LogP contribution in [0.5, 0.6) is 11.8 Å². The Morgan fingerprint density at radius 2 is 1.83 bits per heavy atom. The van der Waals surface area contributed by atoms with Crippen LogP contribution in [0.25, 0.3) is 0 Å². The van der Waals surface area contributed by atoms with Gasteiger partial charge in [-0.1, -0.05) is 0 Å². The first kappa shape index (κ1) is 17.3. The molecule has 1 aliphatic carbocycles.